The highest BCUT2D eigenvalue weighted by Gasteiger charge is 2.21. The van der Waals surface area contributed by atoms with Crippen LogP contribution < -0.4 is 5.32 Å². The molecule has 6 nitrogen and oxygen atoms in total. The van der Waals surface area contributed by atoms with Crippen molar-refractivity contribution in [1.82, 2.24) is 10.3 Å². The predicted molar refractivity (Wildman–Crippen MR) is 72.3 cm³/mol. The topological polar surface area (TPSA) is 99.5 Å². The number of aliphatic hydroxyl groups is 1. The number of carboxylic acid groups (broad SMARTS) is 1. The summed E-state index contributed by atoms with van der Waals surface area (Å²) in [4.78, 5) is 27.1. The standard InChI is InChI=1S/C14H14N2O4/c17-8-6-11(14(19)20)16-13(18)12-10-4-2-1-3-9(10)5-7-15-12/h1-5,7,11,17H,6,8H2,(H,16,18)(H,19,20). The van der Waals surface area contributed by atoms with E-state index in [1.807, 2.05) is 12.1 Å². The van der Waals surface area contributed by atoms with E-state index in [0.717, 1.165) is 5.39 Å². The van der Waals surface area contributed by atoms with Crippen LogP contribution in [0.4, 0.5) is 0 Å². The Labute approximate surface area is 115 Å². The number of nitrogens with one attached hydrogen (secondary N) is 1. The van der Waals surface area contributed by atoms with Gasteiger partial charge in [0, 0.05) is 24.6 Å². The molecule has 0 fully saturated rings. The average Bonchev–Trinajstić information content (AvgIpc) is 2.46. The van der Waals surface area contributed by atoms with Crippen LogP contribution in [0, 0.1) is 0 Å². The van der Waals surface area contributed by atoms with Crippen LogP contribution in [0.25, 0.3) is 10.8 Å². The van der Waals surface area contributed by atoms with Crippen molar-refractivity contribution in [2.75, 3.05) is 6.61 Å². The van der Waals surface area contributed by atoms with Gasteiger partial charge < -0.3 is 15.5 Å². The number of aliphatic hydroxyl groups excluding tert-OH is 1. The summed E-state index contributed by atoms with van der Waals surface area (Å²) in [5.74, 6) is -1.75. The molecule has 1 aromatic carbocycles. The maximum absolute atomic E-state index is 12.1. The predicted octanol–water partition coefficient (Wildman–Crippen LogP) is 0.800. The molecule has 0 aliphatic carbocycles. The van der Waals surface area contributed by atoms with Crippen molar-refractivity contribution >= 4 is 22.6 Å². The maximum atomic E-state index is 12.1. The number of carbonyl (C=O) groups is 2. The molecular formula is C14H14N2O4. The largest absolute Gasteiger partial charge is 0.480 e. The Hall–Kier alpha value is -2.47. The molecule has 0 radical (unpaired) electrons. The number of aromatic nitrogens is 1. The highest BCUT2D eigenvalue weighted by Crippen LogP contribution is 2.16. The molecule has 20 heavy (non-hydrogen) atoms. The molecule has 2 aromatic rings. The Morgan fingerprint density at radius 3 is 2.70 bits per heavy atom. The second-order valence-electron chi connectivity index (χ2n) is 4.26. The lowest BCUT2D eigenvalue weighted by Crippen LogP contribution is -2.41. The molecular weight excluding hydrogens is 260 g/mol. The van der Waals surface area contributed by atoms with Crippen molar-refractivity contribution in [3.8, 4) is 0 Å². The Morgan fingerprint density at radius 2 is 2.00 bits per heavy atom. The number of rotatable bonds is 5. The van der Waals surface area contributed by atoms with E-state index in [-0.39, 0.29) is 18.7 Å². The van der Waals surface area contributed by atoms with E-state index in [1.54, 1.807) is 18.2 Å². The van der Waals surface area contributed by atoms with E-state index in [4.69, 9.17) is 10.2 Å². The molecule has 0 aliphatic rings. The lowest BCUT2D eigenvalue weighted by atomic mass is 10.1. The third-order valence-corrected chi connectivity index (χ3v) is 2.91. The number of nitrogens with zero attached hydrogens (tertiary/aromatic N) is 1. The van der Waals surface area contributed by atoms with Crippen LogP contribution in [-0.2, 0) is 4.79 Å². The molecule has 0 saturated carbocycles. The van der Waals surface area contributed by atoms with Gasteiger partial charge in [-0.1, -0.05) is 24.3 Å². The Morgan fingerprint density at radius 1 is 1.25 bits per heavy atom. The number of hydrogen-bond acceptors (Lipinski definition) is 4. The summed E-state index contributed by atoms with van der Waals surface area (Å²) in [6, 6.07) is 7.86. The van der Waals surface area contributed by atoms with E-state index >= 15 is 0 Å². The lowest BCUT2D eigenvalue weighted by Gasteiger charge is -2.13. The Balaban J connectivity index is 2.29. The smallest absolute Gasteiger partial charge is 0.326 e. The SMILES string of the molecule is O=C(NC(CCO)C(=O)O)c1nccc2ccccc12. The molecule has 2 rings (SSSR count). The number of carbonyl (C=O) groups excluding carboxylic acids is 1. The van der Waals surface area contributed by atoms with Gasteiger partial charge in [-0.3, -0.25) is 9.78 Å². The van der Waals surface area contributed by atoms with Crippen LogP contribution in [-0.4, -0.2) is 39.7 Å². The Bertz CT molecular complexity index is 637. The van der Waals surface area contributed by atoms with Crippen molar-refractivity contribution in [2.24, 2.45) is 0 Å². The van der Waals surface area contributed by atoms with Gasteiger partial charge >= 0.3 is 5.97 Å². The summed E-state index contributed by atoms with van der Waals surface area (Å²) < 4.78 is 0. The zero-order chi connectivity index (χ0) is 14.5. The van der Waals surface area contributed by atoms with Gasteiger partial charge in [-0.25, -0.2) is 4.79 Å². The van der Waals surface area contributed by atoms with Gasteiger partial charge in [-0.15, -0.1) is 0 Å². The number of amides is 1. The van der Waals surface area contributed by atoms with Crippen molar-refractivity contribution in [3.05, 3.63) is 42.2 Å². The van der Waals surface area contributed by atoms with Crippen molar-refractivity contribution < 1.29 is 19.8 Å². The van der Waals surface area contributed by atoms with E-state index in [1.165, 1.54) is 6.20 Å². The molecule has 0 saturated heterocycles. The van der Waals surface area contributed by atoms with Gasteiger partial charge in [-0.2, -0.15) is 0 Å². The summed E-state index contributed by atoms with van der Waals surface area (Å²) in [5, 5.41) is 21.6. The minimum absolute atomic E-state index is 0.0498. The zero-order valence-corrected chi connectivity index (χ0v) is 10.6. The monoisotopic (exact) mass is 274 g/mol. The second kappa shape index (κ2) is 6.12. The Kier molecular flexibility index (Phi) is 4.27. The molecule has 1 heterocycles. The molecule has 1 amide bonds. The van der Waals surface area contributed by atoms with Crippen LogP contribution in [0.15, 0.2) is 36.5 Å². The van der Waals surface area contributed by atoms with E-state index in [9.17, 15) is 9.59 Å². The van der Waals surface area contributed by atoms with Gasteiger partial charge in [0.15, 0.2) is 0 Å². The normalized spacial score (nSPS) is 12.1. The fourth-order valence-corrected chi connectivity index (χ4v) is 1.91. The fraction of sp³-hybridized carbons (Fsp3) is 0.214. The van der Waals surface area contributed by atoms with Crippen molar-refractivity contribution in [2.45, 2.75) is 12.5 Å². The number of benzene rings is 1. The number of carboxylic acids is 1. The van der Waals surface area contributed by atoms with E-state index in [0.29, 0.717) is 5.39 Å². The molecule has 0 bridgehead atoms. The third-order valence-electron chi connectivity index (χ3n) is 2.91. The van der Waals surface area contributed by atoms with Crippen LogP contribution in [0.2, 0.25) is 0 Å². The number of aliphatic carboxylic acids is 1. The van der Waals surface area contributed by atoms with Gasteiger partial charge in [0.25, 0.3) is 5.91 Å². The molecule has 3 N–H and O–H groups in total. The summed E-state index contributed by atoms with van der Waals surface area (Å²) in [6.07, 6.45) is 1.45. The van der Waals surface area contributed by atoms with Gasteiger partial charge in [0.05, 0.1) is 0 Å². The van der Waals surface area contributed by atoms with Crippen LogP contribution in [0.3, 0.4) is 0 Å². The van der Waals surface area contributed by atoms with Gasteiger partial charge in [-0.05, 0) is 11.5 Å². The molecule has 104 valence electrons. The van der Waals surface area contributed by atoms with Crippen molar-refractivity contribution in [1.29, 1.82) is 0 Å². The number of hydrogen-bond donors (Lipinski definition) is 3. The highest BCUT2D eigenvalue weighted by molar-refractivity contribution is 6.06. The first kappa shape index (κ1) is 14.0. The van der Waals surface area contributed by atoms with Gasteiger partial charge in [0.1, 0.15) is 11.7 Å². The zero-order valence-electron chi connectivity index (χ0n) is 10.6. The summed E-state index contributed by atoms with van der Waals surface area (Å²) in [7, 11) is 0. The minimum atomic E-state index is -1.19. The quantitative estimate of drug-likeness (QED) is 0.749. The van der Waals surface area contributed by atoms with E-state index < -0.39 is 17.9 Å². The maximum Gasteiger partial charge on any atom is 0.326 e. The number of fused-ring (bicyclic) bond motifs is 1. The molecule has 1 atom stereocenters. The molecule has 0 aliphatic heterocycles. The fourth-order valence-electron chi connectivity index (χ4n) is 1.91. The van der Waals surface area contributed by atoms with Crippen LogP contribution >= 0.6 is 0 Å². The third kappa shape index (κ3) is 2.92. The average molecular weight is 274 g/mol. The summed E-state index contributed by atoms with van der Waals surface area (Å²) >= 11 is 0. The molecule has 0 spiro atoms. The van der Waals surface area contributed by atoms with Crippen LogP contribution in [0.1, 0.15) is 16.9 Å². The first-order chi connectivity index (χ1) is 9.63. The van der Waals surface area contributed by atoms with Gasteiger partial charge in [0.2, 0.25) is 0 Å². The number of pyridine rings is 1. The summed E-state index contributed by atoms with van der Waals surface area (Å²) in [6.45, 7) is -0.319. The molecule has 1 aromatic heterocycles. The first-order valence-electron chi connectivity index (χ1n) is 6.11. The molecule has 6 heteroatoms. The second-order valence-corrected chi connectivity index (χ2v) is 4.26. The summed E-state index contributed by atoms with van der Waals surface area (Å²) in [5.41, 5.74) is 0.173. The van der Waals surface area contributed by atoms with Crippen molar-refractivity contribution in [3.63, 3.8) is 0 Å². The molecule has 1 unspecified atom stereocenters. The lowest BCUT2D eigenvalue weighted by molar-refractivity contribution is -0.139. The van der Waals surface area contributed by atoms with Crippen LogP contribution in [0.5, 0.6) is 0 Å². The highest BCUT2D eigenvalue weighted by atomic mass is 16.4. The van der Waals surface area contributed by atoms with E-state index in [2.05, 4.69) is 10.3 Å². The first-order valence-corrected chi connectivity index (χ1v) is 6.11. The minimum Gasteiger partial charge on any atom is -0.480 e.